The van der Waals surface area contributed by atoms with Gasteiger partial charge in [-0.15, -0.1) is 0 Å². The van der Waals surface area contributed by atoms with Gasteiger partial charge in [-0.25, -0.2) is 9.97 Å². The standard InChI is InChI=1S/C19H19N3O/c1-12-3-7-17-16(9-12)19(21-11-20-17)22-18-8-4-13-10-14(23-2)5-6-15(13)18/h3,5-7,9-11,18H,4,8H2,1-2H3,(H,20,21,22). The topological polar surface area (TPSA) is 47.0 Å². The molecule has 0 radical (unpaired) electrons. The normalized spacial score (nSPS) is 16.3. The van der Waals surface area contributed by atoms with Crippen LogP contribution in [0.15, 0.2) is 42.7 Å². The van der Waals surface area contributed by atoms with Gasteiger partial charge < -0.3 is 10.1 Å². The quantitative estimate of drug-likeness (QED) is 0.793. The second kappa shape index (κ2) is 5.54. The second-order valence-corrected chi connectivity index (χ2v) is 6.04. The highest BCUT2D eigenvalue weighted by Crippen LogP contribution is 2.36. The highest BCUT2D eigenvalue weighted by Gasteiger charge is 2.23. The third-order valence-corrected chi connectivity index (χ3v) is 4.53. The maximum Gasteiger partial charge on any atom is 0.137 e. The minimum atomic E-state index is 0.287. The zero-order chi connectivity index (χ0) is 15.8. The lowest BCUT2D eigenvalue weighted by Gasteiger charge is -2.16. The van der Waals surface area contributed by atoms with Gasteiger partial charge in [0, 0.05) is 5.39 Å². The van der Waals surface area contributed by atoms with Crippen molar-refractivity contribution >= 4 is 16.7 Å². The molecular weight excluding hydrogens is 286 g/mol. The number of nitrogens with zero attached hydrogens (tertiary/aromatic N) is 2. The van der Waals surface area contributed by atoms with Gasteiger partial charge in [0.25, 0.3) is 0 Å². The summed E-state index contributed by atoms with van der Waals surface area (Å²) in [6.07, 6.45) is 3.76. The molecule has 1 heterocycles. The molecule has 0 amide bonds. The number of fused-ring (bicyclic) bond motifs is 2. The van der Waals surface area contributed by atoms with Crippen LogP contribution in [0.25, 0.3) is 10.9 Å². The van der Waals surface area contributed by atoms with Crippen LogP contribution in [0.4, 0.5) is 5.82 Å². The van der Waals surface area contributed by atoms with Crippen LogP contribution in [-0.2, 0) is 6.42 Å². The van der Waals surface area contributed by atoms with Gasteiger partial charge in [0.05, 0.1) is 18.7 Å². The number of methoxy groups -OCH3 is 1. The van der Waals surface area contributed by atoms with Crippen LogP contribution < -0.4 is 10.1 Å². The maximum atomic E-state index is 5.32. The minimum absolute atomic E-state index is 0.287. The van der Waals surface area contributed by atoms with Crippen LogP contribution in [0.5, 0.6) is 5.75 Å². The highest BCUT2D eigenvalue weighted by atomic mass is 16.5. The lowest BCUT2D eigenvalue weighted by Crippen LogP contribution is -2.09. The number of anilines is 1. The van der Waals surface area contributed by atoms with Crippen molar-refractivity contribution < 1.29 is 4.74 Å². The Morgan fingerprint density at radius 1 is 1.13 bits per heavy atom. The van der Waals surface area contributed by atoms with Crippen LogP contribution in [0.3, 0.4) is 0 Å². The monoisotopic (exact) mass is 305 g/mol. The first kappa shape index (κ1) is 14.0. The molecule has 0 spiro atoms. The van der Waals surface area contributed by atoms with E-state index in [2.05, 4.69) is 46.5 Å². The molecule has 116 valence electrons. The summed E-state index contributed by atoms with van der Waals surface area (Å²) in [5.41, 5.74) is 4.88. The average Bonchev–Trinajstić information content (AvgIpc) is 2.97. The van der Waals surface area contributed by atoms with Crippen molar-refractivity contribution in [2.45, 2.75) is 25.8 Å². The molecule has 0 saturated heterocycles. The smallest absolute Gasteiger partial charge is 0.137 e. The van der Waals surface area contributed by atoms with Crippen LogP contribution in [0, 0.1) is 6.92 Å². The summed E-state index contributed by atoms with van der Waals surface area (Å²) in [7, 11) is 1.71. The Morgan fingerprint density at radius 2 is 2.04 bits per heavy atom. The van der Waals surface area contributed by atoms with Crippen molar-refractivity contribution in [1.29, 1.82) is 0 Å². The Balaban J connectivity index is 1.69. The molecule has 23 heavy (non-hydrogen) atoms. The SMILES string of the molecule is COc1ccc2c(c1)CCC2Nc1ncnc2ccc(C)cc12. The van der Waals surface area contributed by atoms with Crippen molar-refractivity contribution in [2.75, 3.05) is 12.4 Å². The fourth-order valence-corrected chi connectivity index (χ4v) is 3.32. The Morgan fingerprint density at radius 3 is 2.91 bits per heavy atom. The molecule has 4 rings (SSSR count). The van der Waals surface area contributed by atoms with Crippen molar-refractivity contribution in [3.63, 3.8) is 0 Å². The maximum absolute atomic E-state index is 5.32. The number of hydrogen-bond donors (Lipinski definition) is 1. The van der Waals surface area contributed by atoms with Crippen molar-refractivity contribution in [3.05, 3.63) is 59.4 Å². The molecule has 1 atom stereocenters. The van der Waals surface area contributed by atoms with Crippen molar-refractivity contribution in [2.24, 2.45) is 0 Å². The second-order valence-electron chi connectivity index (χ2n) is 6.04. The van der Waals surface area contributed by atoms with E-state index in [0.717, 1.165) is 35.3 Å². The molecule has 0 aliphatic heterocycles. The molecular formula is C19H19N3O. The molecule has 0 fully saturated rings. The van der Waals surface area contributed by atoms with Gasteiger partial charge in [-0.2, -0.15) is 0 Å². The van der Waals surface area contributed by atoms with E-state index in [9.17, 15) is 0 Å². The first-order chi connectivity index (χ1) is 11.2. The van der Waals surface area contributed by atoms with Crippen LogP contribution in [0.2, 0.25) is 0 Å². The first-order valence-electron chi connectivity index (χ1n) is 7.89. The predicted octanol–water partition coefficient (Wildman–Crippen LogP) is 4.05. The van der Waals surface area contributed by atoms with Crippen LogP contribution >= 0.6 is 0 Å². The summed E-state index contributed by atoms with van der Waals surface area (Å²) < 4.78 is 5.32. The van der Waals surface area contributed by atoms with Crippen molar-refractivity contribution in [1.82, 2.24) is 9.97 Å². The molecule has 4 heteroatoms. The fraction of sp³-hybridized carbons (Fsp3) is 0.263. The van der Waals surface area contributed by atoms with Gasteiger partial charge >= 0.3 is 0 Å². The number of ether oxygens (including phenoxy) is 1. The minimum Gasteiger partial charge on any atom is -0.497 e. The molecule has 1 aromatic heterocycles. The molecule has 1 aliphatic carbocycles. The Bertz CT molecular complexity index is 876. The van der Waals surface area contributed by atoms with E-state index in [4.69, 9.17) is 4.74 Å². The Kier molecular flexibility index (Phi) is 3.37. The lowest BCUT2D eigenvalue weighted by atomic mass is 10.1. The number of nitrogens with one attached hydrogen (secondary N) is 1. The Labute approximate surface area is 135 Å². The van der Waals surface area contributed by atoms with E-state index in [0.29, 0.717) is 0 Å². The van der Waals surface area contributed by atoms with Crippen LogP contribution in [-0.4, -0.2) is 17.1 Å². The molecule has 0 saturated carbocycles. The number of aromatic nitrogens is 2. The zero-order valence-corrected chi connectivity index (χ0v) is 13.3. The average molecular weight is 305 g/mol. The highest BCUT2D eigenvalue weighted by molar-refractivity contribution is 5.89. The van der Waals surface area contributed by atoms with Gasteiger partial charge in [0.1, 0.15) is 17.9 Å². The summed E-state index contributed by atoms with van der Waals surface area (Å²) >= 11 is 0. The van der Waals surface area contributed by atoms with E-state index in [1.54, 1.807) is 13.4 Å². The predicted molar refractivity (Wildman–Crippen MR) is 92.0 cm³/mol. The van der Waals surface area contributed by atoms with E-state index < -0.39 is 0 Å². The van der Waals surface area contributed by atoms with E-state index in [1.165, 1.54) is 16.7 Å². The van der Waals surface area contributed by atoms with Gasteiger partial charge in [0.2, 0.25) is 0 Å². The van der Waals surface area contributed by atoms with Crippen molar-refractivity contribution in [3.8, 4) is 5.75 Å². The van der Waals surface area contributed by atoms with Gasteiger partial charge in [0.15, 0.2) is 0 Å². The molecule has 2 aromatic carbocycles. The molecule has 4 nitrogen and oxygen atoms in total. The molecule has 3 aromatic rings. The summed E-state index contributed by atoms with van der Waals surface area (Å²) in [6.45, 7) is 2.09. The lowest BCUT2D eigenvalue weighted by molar-refractivity contribution is 0.414. The summed E-state index contributed by atoms with van der Waals surface area (Å²) in [4.78, 5) is 8.83. The Hall–Kier alpha value is -2.62. The van der Waals surface area contributed by atoms with E-state index in [-0.39, 0.29) is 6.04 Å². The van der Waals surface area contributed by atoms with Crippen LogP contribution in [0.1, 0.15) is 29.2 Å². The molecule has 1 N–H and O–H groups in total. The molecule has 0 bridgehead atoms. The first-order valence-corrected chi connectivity index (χ1v) is 7.89. The fourth-order valence-electron chi connectivity index (χ4n) is 3.32. The van der Waals surface area contributed by atoms with E-state index >= 15 is 0 Å². The third kappa shape index (κ3) is 2.50. The molecule has 1 aliphatic rings. The number of aryl methyl sites for hydroxylation is 2. The summed E-state index contributed by atoms with van der Waals surface area (Å²) in [6, 6.07) is 12.9. The van der Waals surface area contributed by atoms with Gasteiger partial charge in [-0.3, -0.25) is 0 Å². The number of hydrogen-bond acceptors (Lipinski definition) is 4. The third-order valence-electron chi connectivity index (χ3n) is 4.53. The molecule has 1 unspecified atom stereocenters. The number of rotatable bonds is 3. The van der Waals surface area contributed by atoms with E-state index in [1.807, 2.05) is 12.1 Å². The van der Waals surface area contributed by atoms with Gasteiger partial charge in [-0.05, 0) is 55.2 Å². The summed E-state index contributed by atoms with van der Waals surface area (Å²) in [5, 5.41) is 4.69. The number of benzene rings is 2. The largest absolute Gasteiger partial charge is 0.497 e. The summed E-state index contributed by atoms with van der Waals surface area (Å²) in [5.74, 6) is 1.83. The zero-order valence-electron chi connectivity index (χ0n) is 13.3. The van der Waals surface area contributed by atoms with Gasteiger partial charge in [-0.1, -0.05) is 17.7 Å².